The second-order valence-corrected chi connectivity index (χ2v) is 5.49. The molecule has 0 radical (unpaired) electrons. The van der Waals surface area contributed by atoms with Gasteiger partial charge < -0.3 is 10.1 Å². The van der Waals surface area contributed by atoms with Crippen molar-refractivity contribution in [2.45, 2.75) is 46.2 Å². The Morgan fingerprint density at radius 3 is 2.25 bits per heavy atom. The number of ketones is 1. The van der Waals surface area contributed by atoms with Crippen LogP contribution in [0.2, 0.25) is 0 Å². The van der Waals surface area contributed by atoms with E-state index in [0.717, 1.165) is 5.56 Å². The van der Waals surface area contributed by atoms with Gasteiger partial charge in [-0.2, -0.15) is 0 Å². The second kappa shape index (κ2) is 7.80. The van der Waals surface area contributed by atoms with E-state index < -0.39 is 0 Å². The number of Topliss-reactive ketones (excluding diaryl/α,β-unsaturated/α-hetero) is 1. The number of nitrogens with one attached hydrogen (secondary N) is 1. The van der Waals surface area contributed by atoms with Crippen LogP contribution in [0, 0.1) is 5.92 Å². The molecule has 0 spiro atoms. The highest BCUT2D eigenvalue weighted by Gasteiger charge is 2.21. The van der Waals surface area contributed by atoms with E-state index in [9.17, 15) is 9.59 Å². The van der Waals surface area contributed by atoms with Crippen LogP contribution >= 0.6 is 0 Å². The molecule has 0 saturated carbocycles. The number of hydrogen-bond acceptors (Lipinski definition) is 4. The lowest BCUT2D eigenvalue weighted by Gasteiger charge is -2.22. The molecule has 0 bridgehead atoms. The normalized spacial score (nSPS) is 12.5. The molecule has 4 nitrogen and oxygen atoms in total. The summed E-state index contributed by atoms with van der Waals surface area (Å²) in [5, 5.41) is 3.31. The van der Waals surface area contributed by atoms with E-state index in [1.165, 1.54) is 0 Å². The van der Waals surface area contributed by atoms with Crippen LogP contribution in [0.1, 0.15) is 33.3 Å². The molecule has 1 atom stereocenters. The molecule has 0 heterocycles. The Hall–Kier alpha value is -1.68. The summed E-state index contributed by atoms with van der Waals surface area (Å²) in [6, 6.07) is 7.28. The van der Waals surface area contributed by atoms with Crippen LogP contribution in [0.15, 0.2) is 24.3 Å². The third kappa shape index (κ3) is 5.13. The maximum Gasteiger partial charge on any atom is 0.298 e. The monoisotopic (exact) mass is 277 g/mol. The number of hydrogen-bond donors (Lipinski definition) is 1. The predicted octanol–water partition coefficient (Wildman–Crippen LogP) is 2.36. The van der Waals surface area contributed by atoms with E-state index >= 15 is 0 Å². The van der Waals surface area contributed by atoms with Gasteiger partial charge in [0.05, 0.1) is 6.04 Å². The van der Waals surface area contributed by atoms with Crippen molar-refractivity contribution in [1.29, 1.82) is 0 Å². The largest absolute Gasteiger partial charge is 0.429 e. The average Bonchev–Trinajstić information content (AvgIpc) is 2.39. The van der Waals surface area contributed by atoms with E-state index in [2.05, 4.69) is 5.32 Å². The van der Waals surface area contributed by atoms with Crippen molar-refractivity contribution in [3.05, 3.63) is 29.8 Å². The van der Waals surface area contributed by atoms with Gasteiger partial charge in [-0.15, -0.1) is 0 Å². The van der Waals surface area contributed by atoms with E-state index in [1.54, 1.807) is 12.1 Å². The first kappa shape index (κ1) is 16.4. The molecule has 1 unspecified atom stereocenters. The van der Waals surface area contributed by atoms with Crippen LogP contribution < -0.4 is 10.1 Å². The maximum absolute atomic E-state index is 12.2. The van der Waals surface area contributed by atoms with Crippen molar-refractivity contribution in [1.82, 2.24) is 5.32 Å². The van der Waals surface area contributed by atoms with E-state index in [-0.39, 0.29) is 23.8 Å². The SMILES string of the molecule is CC(C)NC(Cc1ccc(OC=O)cc1)C(=O)C(C)C. The number of rotatable bonds is 8. The third-order valence-corrected chi connectivity index (χ3v) is 2.99. The minimum atomic E-state index is -0.187. The maximum atomic E-state index is 12.2. The molecular formula is C16H23NO3. The predicted molar refractivity (Wildman–Crippen MR) is 78.7 cm³/mol. The highest BCUT2D eigenvalue weighted by molar-refractivity contribution is 5.86. The Morgan fingerprint density at radius 2 is 1.80 bits per heavy atom. The molecule has 1 rings (SSSR count). The zero-order valence-electron chi connectivity index (χ0n) is 12.6. The van der Waals surface area contributed by atoms with Crippen LogP contribution in [0.5, 0.6) is 5.75 Å². The quantitative estimate of drug-likeness (QED) is 0.741. The fourth-order valence-electron chi connectivity index (χ4n) is 2.04. The number of carbonyl (C=O) groups excluding carboxylic acids is 2. The molecule has 20 heavy (non-hydrogen) atoms. The number of carbonyl (C=O) groups is 2. The molecule has 4 heteroatoms. The van der Waals surface area contributed by atoms with Crippen LogP contribution in [0.3, 0.4) is 0 Å². The smallest absolute Gasteiger partial charge is 0.298 e. The molecular weight excluding hydrogens is 254 g/mol. The van der Waals surface area contributed by atoms with Gasteiger partial charge in [0.25, 0.3) is 6.47 Å². The molecule has 0 aliphatic heterocycles. The van der Waals surface area contributed by atoms with Crippen LogP contribution in [-0.4, -0.2) is 24.3 Å². The van der Waals surface area contributed by atoms with Gasteiger partial charge in [0.1, 0.15) is 5.75 Å². The van der Waals surface area contributed by atoms with Crippen LogP contribution in [0.25, 0.3) is 0 Å². The third-order valence-electron chi connectivity index (χ3n) is 2.99. The second-order valence-electron chi connectivity index (χ2n) is 5.49. The zero-order valence-corrected chi connectivity index (χ0v) is 12.6. The molecule has 110 valence electrons. The summed E-state index contributed by atoms with van der Waals surface area (Å²) in [4.78, 5) is 22.5. The summed E-state index contributed by atoms with van der Waals surface area (Å²) in [7, 11) is 0. The van der Waals surface area contributed by atoms with E-state index in [1.807, 2.05) is 39.8 Å². The molecule has 0 aliphatic rings. The Balaban J connectivity index is 2.78. The molecule has 1 N–H and O–H groups in total. The van der Waals surface area contributed by atoms with Crippen LogP contribution in [-0.2, 0) is 16.0 Å². The number of ether oxygens (including phenoxy) is 1. The van der Waals surface area contributed by atoms with Crippen molar-refractivity contribution < 1.29 is 14.3 Å². The Bertz CT molecular complexity index is 438. The standard InChI is InChI=1S/C16H23NO3/c1-11(2)16(19)15(17-12(3)4)9-13-5-7-14(8-6-13)20-10-18/h5-8,10-12,15,17H,9H2,1-4H3. The van der Waals surface area contributed by atoms with Gasteiger partial charge in [-0.05, 0) is 24.1 Å². The molecule has 0 saturated heterocycles. The first-order valence-electron chi connectivity index (χ1n) is 6.93. The summed E-state index contributed by atoms with van der Waals surface area (Å²) in [6.07, 6.45) is 0.635. The van der Waals surface area contributed by atoms with Crippen molar-refractivity contribution in [2.75, 3.05) is 0 Å². The molecule has 0 aromatic heterocycles. The molecule has 1 aromatic rings. The van der Waals surface area contributed by atoms with Gasteiger partial charge in [0, 0.05) is 12.0 Å². The molecule has 0 aliphatic carbocycles. The fraction of sp³-hybridized carbons (Fsp3) is 0.500. The summed E-state index contributed by atoms with van der Waals surface area (Å²) in [6.45, 7) is 8.29. The van der Waals surface area contributed by atoms with Gasteiger partial charge in [-0.25, -0.2) is 0 Å². The van der Waals surface area contributed by atoms with Crippen molar-refractivity contribution in [3.63, 3.8) is 0 Å². The average molecular weight is 277 g/mol. The molecule has 0 amide bonds. The van der Waals surface area contributed by atoms with Crippen molar-refractivity contribution in [3.8, 4) is 5.75 Å². The first-order chi connectivity index (χ1) is 9.43. The topological polar surface area (TPSA) is 55.4 Å². The lowest BCUT2D eigenvalue weighted by molar-refractivity contribution is -0.124. The Morgan fingerprint density at radius 1 is 1.20 bits per heavy atom. The lowest BCUT2D eigenvalue weighted by Crippen LogP contribution is -2.44. The highest BCUT2D eigenvalue weighted by Crippen LogP contribution is 2.14. The minimum Gasteiger partial charge on any atom is -0.429 e. The highest BCUT2D eigenvalue weighted by atomic mass is 16.5. The first-order valence-corrected chi connectivity index (χ1v) is 6.93. The van der Waals surface area contributed by atoms with Crippen molar-refractivity contribution in [2.24, 2.45) is 5.92 Å². The van der Waals surface area contributed by atoms with Gasteiger partial charge in [-0.1, -0.05) is 39.8 Å². The Kier molecular flexibility index (Phi) is 6.39. The number of benzene rings is 1. The summed E-state index contributed by atoms with van der Waals surface area (Å²) >= 11 is 0. The summed E-state index contributed by atoms with van der Waals surface area (Å²) < 4.78 is 4.75. The van der Waals surface area contributed by atoms with Gasteiger partial charge in [0.2, 0.25) is 0 Å². The summed E-state index contributed by atoms with van der Waals surface area (Å²) in [5.74, 6) is 0.725. The summed E-state index contributed by atoms with van der Waals surface area (Å²) in [5.41, 5.74) is 1.04. The Labute approximate surface area is 120 Å². The van der Waals surface area contributed by atoms with E-state index in [4.69, 9.17) is 4.74 Å². The van der Waals surface area contributed by atoms with E-state index in [0.29, 0.717) is 18.6 Å². The lowest BCUT2D eigenvalue weighted by atomic mass is 9.95. The fourth-order valence-corrected chi connectivity index (χ4v) is 2.04. The van der Waals surface area contributed by atoms with Crippen LogP contribution in [0.4, 0.5) is 0 Å². The molecule has 1 aromatic carbocycles. The van der Waals surface area contributed by atoms with Gasteiger partial charge in [-0.3, -0.25) is 9.59 Å². The zero-order chi connectivity index (χ0) is 15.1. The van der Waals surface area contributed by atoms with Gasteiger partial charge in [0.15, 0.2) is 5.78 Å². The minimum absolute atomic E-state index is 0.00363. The molecule has 0 fully saturated rings. The van der Waals surface area contributed by atoms with Crippen molar-refractivity contribution >= 4 is 12.3 Å². The van der Waals surface area contributed by atoms with Gasteiger partial charge >= 0.3 is 0 Å².